The van der Waals surface area contributed by atoms with E-state index < -0.39 is 5.60 Å². The number of carbonyl (C=O) groups is 1. The SMILES string of the molecule is CC.Cc1c(N2CCCCC2(C)C)nn(C2CC3(C2)CN(C(=O)OC(C)(C)C)C3)c1C. The van der Waals surface area contributed by atoms with Gasteiger partial charge < -0.3 is 14.5 Å². The second-order valence-electron chi connectivity index (χ2n) is 11.3. The van der Waals surface area contributed by atoms with Gasteiger partial charge in [0.05, 0.1) is 6.04 Å². The number of piperidine rings is 1. The number of rotatable bonds is 2. The Morgan fingerprint density at radius 1 is 1.10 bits per heavy atom. The van der Waals surface area contributed by atoms with Crippen molar-refractivity contribution in [3.8, 4) is 0 Å². The Morgan fingerprint density at radius 3 is 2.26 bits per heavy atom. The zero-order valence-corrected chi connectivity index (χ0v) is 21.3. The third-order valence-corrected chi connectivity index (χ3v) is 7.22. The van der Waals surface area contributed by atoms with Gasteiger partial charge in [-0.2, -0.15) is 5.10 Å². The molecule has 3 fully saturated rings. The van der Waals surface area contributed by atoms with Gasteiger partial charge in [-0.3, -0.25) is 4.68 Å². The fourth-order valence-electron chi connectivity index (χ4n) is 5.45. The Hall–Kier alpha value is -1.72. The van der Waals surface area contributed by atoms with Crippen LogP contribution < -0.4 is 4.90 Å². The van der Waals surface area contributed by atoms with E-state index in [4.69, 9.17) is 9.84 Å². The van der Waals surface area contributed by atoms with Crippen LogP contribution in [-0.2, 0) is 4.74 Å². The van der Waals surface area contributed by atoms with Crippen LogP contribution in [0.5, 0.6) is 0 Å². The molecule has 1 aromatic heterocycles. The van der Waals surface area contributed by atoms with Gasteiger partial charge >= 0.3 is 6.09 Å². The number of hydrogen-bond donors (Lipinski definition) is 0. The second-order valence-corrected chi connectivity index (χ2v) is 11.3. The van der Waals surface area contributed by atoms with E-state index in [1.165, 1.54) is 36.3 Å². The molecule has 1 amide bonds. The molecular weight excluding hydrogens is 388 g/mol. The highest BCUT2D eigenvalue weighted by molar-refractivity contribution is 5.69. The first kappa shape index (κ1) is 23.9. The lowest BCUT2D eigenvalue weighted by molar-refractivity contribution is -0.0930. The van der Waals surface area contributed by atoms with Crippen molar-refractivity contribution in [1.82, 2.24) is 14.7 Å². The molecular formula is C25H44N4O2. The summed E-state index contributed by atoms with van der Waals surface area (Å²) in [5, 5.41) is 5.11. The molecule has 2 aliphatic heterocycles. The summed E-state index contributed by atoms with van der Waals surface area (Å²) in [5.41, 5.74) is 2.65. The molecule has 1 aliphatic carbocycles. The van der Waals surface area contributed by atoms with E-state index in [1.807, 2.05) is 39.5 Å². The Morgan fingerprint density at radius 2 is 1.71 bits per heavy atom. The molecule has 0 aromatic carbocycles. The minimum Gasteiger partial charge on any atom is -0.444 e. The highest BCUT2D eigenvalue weighted by atomic mass is 16.6. The molecule has 2 saturated heterocycles. The number of anilines is 1. The second kappa shape index (κ2) is 8.32. The molecule has 176 valence electrons. The lowest BCUT2D eigenvalue weighted by atomic mass is 9.61. The molecule has 1 aromatic rings. The summed E-state index contributed by atoms with van der Waals surface area (Å²) in [6, 6.07) is 0.455. The van der Waals surface area contributed by atoms with Gasteiger partial charge in [0.2, 0.25) is 0 Å². The summed E-state index contributed by atoms with van der Waals surface area (Å²) in [6.07, 6.45) is 5.83. The van der Waals surface area contributed by atoms with Crippen LogP contribution in [0.4, 0.5) is 10.6 Å². The fraction of sp³-hybridized carbons (Fsp3) is 0.840. The molecule has 1 spiro atoms. The Labute approximate surface area is 189 Å². The molecule has 0 bridgehead atoms. The molecule has 0 radical (unpaired) electrons. The topological polar surface area (TPSA) is 50.6 Å². The largest absolute Gasteiger partial charge is 0.444 e. The van der Waals surface area contributed by atoms with Gasteiger partial charge in [0.15, 0.2) is 5.82 Å². The Kier molecular flexibility index (Phi) is 6.43. The quantitative estimate of drug-likeness (QED) is 0.587. The first-order chi connectivity index (χ1) is 14.4. The fourth-order valence-corrected chi connectivity index (χ4v) is 5.45. The summed E-state index contributed by atoms with van der Waals surface area (Å²) in [5.74, 6) is 1.18. The van der Waals surface area contributed by atoms with Crippen molar-refractivity contribution in [1.29, 1.82) is 0 Å². The van der Waals surface area contributed by atoms with Crippen molar-refractivity contribution >= 4 is 11.9 Å². The van der Waals surface area contributed by atoms with Gasteiger partial charge in [-0.25, -0.2) is 4.79 Å². The van der Waals surface area contributed by atoms with Crippen molar-refractivity contribution in [2.75, 3.05) is 24.5 Å². The van der Waals surface area contributed by atoms with Crippen molar-refractivity contribution in [3.63, 3.8) is 0 Å². The third-order valence-electron chi connectivity index (χ3n) is 7.22. The lowest BCUT2D eigenvalue weighted by Gasteiger charge is -2.58. The number of nitrogens with zero attached hydrogens (tertiary/aromatic N) is 4. The van der Waals surface area contributed by atoms with Gasteiger partial charge in [0.1, 0.15) is 5.60 Å². The van der Waals surface area contributed by atoms with E-state index in [0.717, 1.165) is 32.5 Å². The van der Waals surface area contributed by atoms with Gasteiger partial charge in [-0.1, -0.05) is 13.8 Å². The van der Waals surface area contributed by atoms with Crippen LogP contribution in [0.3, 0.4) is 0 Å². The predicted octanol–water partition coefficient (Wildman–Crippen LogP) is 5.87. The van der Waals surface area contributed by atoms with Crippen LogP contribution in [0.15, 0.2) is 0 Å². The molecule has 0 unspecified atom stereocenters. The first-order valence-corrected chi connectivity index (χ1v) is 12.2. The van der Waals surface area contributed by atoms with Crippen LogP contribution >= 0.6 is 0 Å². The summed E-state index contributed by atoms with van der Waals surface area (Å²) >= 11 is 0. The number of hydrogen-bond acceptors (Lipinski definition) is 4. The maximum atomic E-state index is 12.2. The standard InChI is InChI=1S/C23H38N4O2.C2H6/c1-16-17(2)27(24-19(16)26-11-9-8-10-22(26,6)7)18-12-23(13-18)14-25(15-23)20(28)29-21(3,4)5;1-2/h18H,8-15H2,1-7H3;1-2H3. The minimum atomic E-state index is -0.426. The maximum Gasteiger partial charge on any atom is 0.410 e. The van der Waals surface area contributed by atoms with Crippen LogP contribution in [-0.4, -0.2) is 51.5 Å². The first-order valence-electron chi connectivity index (χ1n) is 12.2. The van der Waals surface area contributed by atoms with Gasteiger partial charge in [0.25, 0.3) is 0 Å². The van der Waals surface area contributed by atoms with E-state index in [0.29, 0.717) is 6.04 Å². The highest BCUT2D eigenvalue weighted by Crippen LogP contribution is 2.55. The number of amides is 1. The molecule has 6 nitrogen and oxygen atoms in total. The zero-order valence-electron chi connectivity index (χ0n) is 21.3. The average Bonchev–Trinajstić information content (AvgIpc) is 2.88. The number of likely N-dealkylation sites (tertiary alicyclic amines) is 1. The van der Waals surface area contributed by atoms with E-state index in [-0.39, 0.29) is 17.0 Å². The smallest absolute Gasteiger partial charge is 0.410 e. The maximum absolute atomic E-state index is 12.2. The zero-order chi connectivity index (χ0) is 23.2. The molecule has 0 atom stereocenters. The van der Waals surface area contributed by atoms with E-state index in [9.17, 15) is 4.79 Å². The summed E-state index contributed by atoms with van der Waals surface area (Å²) in [6.45, 7) is 21.6. The van der Waals surface area contributed by atoms with Gasteiger partial charge in [0, 0.05) is 41.8 Å². The van der Waals surface area contributed by atoms with Crippen molar-refractivity contribution in [3.05, 3.63) is 11.3 Å². The molecule has 6 heteroatoms. The lowest BCUT2D eigenvalue weighted by Crippen LogP contribution is -2.64. The van der Waals surface area contributed by atoms with Crippen LogP contribution in [0, 0.1) is 19.3 Å². The molecule has 1 saturated carbocycles. The molecule has 3 heterocycles. The third kappa shape index (κ3) is 4.58. The van der Waals surface area contributed by atoms with E-state index >= 15 is 0 Å². The van der Waals surface area contributed by atoms with Gasteiger partial charge in [-0.05, 0) is 80.6 Å². The molecule has 3 aliphatic rings. The van der Waals surface area contributed by atoms with Crippen molar-refractivity contribution < 1.29 is 9.53 Å². The highest BCUT2D eigenvalue weighted by Gasteiger charge is 2.55. The minimum absolute atomic E-state index is 0.174. The summed E-state index contributed by atoms with van der Waals surface area (Å²) in [4.78, 5) is 16.6. The predicted molar refractivity (Wildman–Crippen MR) is 127 cm³/mol. The molecule has 4 rings (SSSR count). The van der Waals surface area contributed by atoms with Crippen molar-refractivity contribution in [2.24, 2.45) is 5.41 Å². The van der Waals surface area contributed by atoms with E-state index in [2.05, 4.69) is 37.3 Å². The van der Waals surface area contributed by atoms with Gasteiger partial charge in [-0.15, -0.1) is 0 Å². The van der Waals surface area contributed by atoms with Crippen LogP contribution in [0.1, 0.15) is 97.9 Å². The Bertz CT molecular complexity index is 791. The normalized spacial score (nSPS) is 22.4. The van der Waals surface area contributed by atoms with Crippen LogP contribution in [0.25, 0.3) is 0 Å². The molecule has 0 N–H and O–H groups in total. The van der Waals surface area contributed by atoms with E-state index in [1.54, 1.807) is 0 Å². The molecule has 31 heavy (non-hydrogen) atoms. The number of carbonyl (C=O) groups excluding carboxylic acids is 1. The van der Waals surface area contributed by atoms with Crippen LogP contribution in [0.2, 0.25) is 0 Å². The number of aromatic nitrogens is 2. The summed E-state index contributed by atoms with van der Waals surface area (Å²) < 4.78 is 7.78. The Balaban J connectivity index is 0.00000132. The summed E-state index contributed by atoms with van der Waals surface area (Å²) in [7, 11) is 0. The number of ether oxygens (including phenoxy) is 1. The van der Waals surface area contributed by atoms with Crippen molar-refractivity contribution in [2.45, 2.75) is 112 Å². The monoisotopic (exact) mass is 432 g/mol. The average molecular weight is 433 g/mol.